The van der Waals surface area contributed by atoms with Crippen LogP contribution in [0.5, 0.6) is 0 Å². The molecule has 6 heteroatoms. The normalized spacial score (nSPS) is 13.8. The van der Waals surface area contributed by atoms with Crippen molar-refractivity contribution >= 4 is 22.8 Å². The van der Waals surface area contributed by atoms with E-state index in [0.717, 1.165) is 11.9 Å². The number of hydrogen-bond acceptors (Lipinski definition) is 4. The van der Waals surface area contributed by atoms with E-state index in [1.54, 1.807) is 12.4 Å². The Hall–Kier alpha value is -2.89. The molecule has 3 aromatic rings. The van der Waals surface area contributed by atoms with E-state index in [9.17, 15) is 4.79 Å². The van der Waals surface area contributed by atoms with Gasteiger partial charge in [0.25, 0.3) is 5.91 Å². The minimum absolute atomic E-state index is 0.146. The van der Waals surface area contributed by atoms with Gasteiger partial charge in [0.2, 0.25) is 5.95 Å². The fraction of sp³-hybridized carbons (Fsp3) is 0.278. The van der Waals surface area contributed by atoms with Gasteiger partial charge in [0.1, 0.15) is 0 Å². The summed E-state index contributed by atoms with van der Waals surface area (Å²) in [6, 6.07) is 8.66. The molecule has 6 nitrogen and oxygen atoms in total. The summed E-state index contributed by atoms with van der Waals surface area (Å²) >= 11 is 0. The zero-order valence-corrected chi connectivity index (χ0v) is 13.2. The Morgan fingerprint density at radius 3 is 2.79 bits per heavy atom. The zero-order chi connectivity index (χ0) is 16.4. The van der Waals surface area contributed by atoms with Gasteiger partial charge in [0.15, 0.2) is 0 Å². The first-order valence-corrected chi connectivity index (χ1v) is 8.21. The third-order valence-corrected chi connectivity index (χ3v) is 4.18. The largest absolute Gasteiger partial charge is 0.361 e. The highest BCUT2D eigenvalue weighted by Gasteiger charge is 2.21. The Morgan fingerprint density at radius 1 is 1.21 bits per heavy atom. The van der Waals surface area contributed by atoms with Gasteiger partial charge in [0, 0.05) is 42.1 Å². The number of rotatable bonds is 6. The highest BCUT2D eigenvalue weighted by Crippen LogP contribution is 2.22. The van der Waals surface area contributed by atoms with E-state index in [4.69, 9.17) is 0 Å². The molecule has 24 heavy (non-hydrogen) atoms. The molecule has 1 amide bonds. The van der Waals surface area contributed by atoms with Gasteiger partial charge in [-0.05, 0) is 30.9 Å². The molecule has 1 aliphatic rings. The van der Waals surface area contributed by atoms with Crippen molar-refractivity contribution in [1.82, 2.24) is 20.3 Å². The Balaban J connectivity index is 1.32. The molecular weight excluding hydrogens is 302 g/mol. The molecule has 1 fully saturated rings. The molecule has 1 aromatic carbocycles. The summed E-state index contributed by atoms with van der Waals surface area (Å²) in [7, 11) is 0. The molecule has 4 rings (SSSR count). The van der Waals surface area contributed by atoms with Crippen molar-refractivity contribution in [2.45, 2.75) is 25.3 Å². The lowest BCUT2D eigenvalue weighted by molar-refractivity contribution is 0.0953. The Labute approximate surface area is 139 Å². The summed E-state index contributed by atoms with van der Waals surface area (Å²) in [6.07, 6.45) is 8.24. The third-order valence-electron chi connectivity index (χ3n) is 4.18. The third kappa shape index (κ3) is 3.22. The van der Waals surface area contributed by atoms with Gasteiger partial charge >= 0.3 is 0 Å². The van der Waals surface area contributed by atoms with Crippen molar-refractivity contribution < 1.29 is 4.79 Å². The van der Waals surface area contributed by atoms with Gasteiger partial charge in [-0.1, -0.05) is 18.2 Å². The molecule has 0 atom stereocenters. The highest BCUT2D eigenvalue weighted by molar-refractivity contribution is 5.93. The van der Waals surface area contributed by atoms with Crippen LogP contribution in [0.25, 0.3) is 10.9 Å². The molecule has 1 saturated carbocycles. The topological polar surface area (TPSA) is 82.7 Å². The Morgan fingerprint density at radius 2 is 2.00 bits per heavy atom. The van der Waals surface area contributed by atoms with Crippen LogP contribution in [0.3, 0.4) is 0 Å². The molecule has 0 bridgehead atoms. The van der Waals surface area contributed by atoms with Gasteiger partial charge in [-0.15, -0.1) is 0 Å². The molecule has 0 spiro atoms. The van der Waals surface area contributed by atoms with Crippen molar-refractivity contribution in [2.24, 2.45) is 0 Å². The molecule has 122 valence electrons. The minimum atomic E-state index is -0.146. The molecule has 2 heterocycles. The van der Waals surface area contributed by atoms with Crippen molar-refractivity contribution in [3.8, 4) is 0 Å². The fourth-order valence-corrected chi connectivity index (χ4v) is 2.68. The maximum Gasteiger partial charge on any atom is 0.254 e. The molecule has 2 aromatic heterocycles. The first kappa shape index (κ1) is 14.7. The molecule has 0 saturated heterocycles. The molecule has 1 aliphatic carbocycles. The number of aromatic amines is 1. The predicted molar refractivity (Wildman–Crippen MR) is 93.0 cm³/mol. The Bertz CT molecular complexity index is 851. The van der Waals surface area contributed by atoms with Gasteiger partial charge in [0.05, 0.1) is 5.56 Å². The number of amides is 1. The van der Waals surface area contributed by atoms with E-state index < -0.39 is 0 Å². The van der Waals surface area contributed by atoms with Gasteiger partial charge in [-0.3, -0.25) is 4.79 Å². The second-order valence-corrected chi connectivity index (χ2v) is 6.08. The number of nitrogens with one attached hydrogen (secondary N) is 3. The lowest BCUT2D eigenvalue weighted by Gasteiger charge is -2.06. The van der Waals surface area contributed by atoms with E-state index in [0.29, 0.717) is 24.1 Å². The number of carbonyl (C=O) groups excluding carboxylic acids is 1. The van der Waals surface area contributed by atoms with E-state index in [1.165, 1.54) is 23.8 Å². The Kier molecular flexibility index (Phi) is 3.86. The van der Waals surface area contributed by atoms with Gasteiger partial charge in [-0.25, -0.2) is 9.97 Å². The van der Waals surface area contributed by atoms with Crippen LogP contribution < -0.4 is 10.6 Å². The van der Waals surface area contributed by atoms with Crippen LogP contribution in [0.15, 0.2) is 42.9 Å². The average molecular weight is 321 g/mol. The maximum atomic E-state index is 12.2. The number of fused-ring (bicyclic) bond motifs is 1. The second-order valence-electron chi connectivity index (χ2n) is 6.08. The molecule has 0 aliphatic heterocycles. The number of H-pyrrole nitrogens is 1. The molecule has 3 N–H and O–H groups in total. The van der Waals surface area contributed by atoms with Gasteiger partial charge < -0.3 is 15.6 Å². The quantitative estimate of drug-likeness (QED) is 0.651. The summed E-state index contributed by atoms with van der Waals surface area (Å²) in [6.45, 7) is 0.572. The van der Waals surface area contributed by atoms with Crippen molar-refractivity contribution in [2.75, 3.05) is 11.9 Å². The van der Waals surface area contributed by atoms with Crippen LogP contribution in [-0.4, -0.2) is 33.4 Å². The SMILES string of the molecule is O=C(NCCc1c[nH]c2ccccc12)c1cnc(NC2CC2)nc1. The van der Waals surface area contributed by atoms with Crippen LogP contribution in [0, 0.1) is 0 Å². The number of anilines is 1. The lowest BCUT2D eigenvalue weighted by Crippen LogP contribution is -2.26. The number of para-hydroxylation sites is 1. The number of nitrogens with zero attached hydrogens (tertiary/aromatic N) is 2. The molecular formula is C18H19N5O. The first-order valence-electron chi connectivity index (χ1n) is 8.21. The standard InChI is InChI=1S/C18H19N5O/c24-17(13-10-21-18(22-11-13)23-14-5-6-14)19-8-7-12-9-20-16-4-2-1-3-15(12)16/h1-4,9-11,14,20H,5-8H2,(H,19,24)(H,21,22,23). The monoisotopic (exact) mass is 321 g/mol. The number of benzene rings is 1. The molecule has 0 unspecified atom stereocenters. The molecule has 0 radical (unpaired) electrons. The van der Waals surface area contributed by atoms with Crippen LogP contribution in [-0.2, 0) is 6.42 Å². The van der Waals surface area contributed by atoms with E-state index in [2.05, 4.69) is 31.7 Å². The van der Waals surface area contributed by atoms with E-state index in [1.807, 2.05) is 24.4 Å². The highest BCUT2D eigenvalue weighted by atomic mass is 16.1. The number of hydrogen-bond donors (Lipinski definition) is 3. The van der Waals surface area contributed by atoms with Gasteiger partial charge in [-0.2, -0.15) is 0 Å². The minimum Gasteiger partial charge on any atom is -0.361 e. The summed E-state index contributed by atoms with van der Waals surface area (Å²) < 4.78 is 0. The predicted octanol–water partition coefficient (Wildman–Crippen LogP) is 2.50. The maximum absolute atomic E-state index is 12.2. The van der Waals surface area contributed by atoms with Crippen LogP contribution >= 0.6 is 0 Å². The van der Waals surface area contributed by atoms with Crippen molar-refractivity contribution in [3.63, 3.8) is 0 Å². The zero-order valence-electron chi connectivity index (χ0n) is 13.2. The fourth-order valence-electron chi connectivity index (χ4n) is 2.68. The summed E-state index contributed by atoms with van der Waals surface area (Å²) in [4.78, 5) is 23.8. The van der Waals surface area contributed by atoms with Crippen LogP contribution in [0.1, 0.15) is 28.8 Å². The van der Waals surface area contributed by atoms with Crippen molar-refractivity contribution in [3.05, 3.63) is 54.0 Å². The van der Waals surface area contributed by atoms with E-state index in [-0.39, 0.29) is 5.91 Å². The van der Waals surface area contributed by atoms with E-state index >= 15 is 0 Å². The first-order chi connectivity index (χ1) is 11.8. The average Bonchev–Trinajstić information content (AvgIpc) is 3.34. The van der Waals surface area contributed by atoms with Crippen LogP contribution in [0.4, 0.5) is 5.95 Å². The summed E-state index contributed by atoms with van der Waals surface area (Å²) in [5.41, 5.74) is 2.80. The summed E-state index contributed by atoms with van der Waals surface area (Å²) in [5, 5.41) is 7.32. The summed E-state index contributed by atoms with van der Waals surface area (Å²) in [5.74, 6) is 0.445. The van der Waals surface area contributed by atoms with Crippen molar-refractivity contribution in [1.29, 1.82) is 0 Å². The second kappa shape index (κ2) is 6.31. The number of aromatic nitrogens is 3. The lowest BCUT2D eigenvalue weighted by atomic mass is 10.1. The number of carbonyl (C=O) groups is 1. The van der Waals surface area contributed by atoms with Crippen LogP contribution in [0.2, 0.25) is 0 Å². The smallest absolute Gasteiger partial charge is 0.254 e.